The fraction of sp³-hybridized carbons (Fsp3) is 0.450. The number of thiophene rings is 1. The molecule has 1 saturated carbocycles. The zero-order valence-corrected chi connectivity index (χ0v) is 17.2. The first-order valence-electron chi connectivity index (χ1n) is 8.63. The lowest BCUT2D eigenvalue weighted by Gasteiger charge is -2.28. The summed E-state index contributed by atoms with van der Waals surface area (Å²) in [5.74, 6) is 0.320. The van der Waals surface area contributed by atoms with Gasteiger partial charge in [0.25, 0.3) is 0 Å². The Labute approximate surface area is 161 Å². The highest BCUT2D eigenvalue weighted by Gasteiger charge is 2.41. The second-order valence-corrected chi connectivity index (χ2v) is 9.60. The largest absolute Gasteiger partial charge is 0.450 e. The van der Waals surface area contributed by atoms with E-state index in [0.29, 0.717) is 11.5 Å². The second kappa shape index (κ2) is 7.56. The molecule has 1 unspecified atom stereocenters. The second-order valence-electron chi connectivity index (χ2n) is 6.63. The molecule has 0 amide bonds. The Morgan fingerprint density at radius 3 is 2.42 bits per heavy atom. The van der Waals surface area contributed by atoms with E-state index in [-0.39, 0.29) is 5.97 Å². The van der Waals surface area contributed by atoms with E-state index in [1.807, 2.05) is 12.1 Å². The van der Waals surface area contributed by atoms with E-state index in [9.17, 15) is 4.79 Å². The molecule has 4 heteroatoms. The van der Waals surface area contributed by atoms with Crippen molar-refractivity contribution in [2.45, 2.75) is 57.5 Å². The fourth-order valence-corrected chi connectivity index (χ4v) is 5.13. The van der Waals surface area contributed by atoms with Gasteiger partial charge < -0.3 is 4.74 Å². The number of hydrogen-bond donors (Lipinski definition) is 0. The smallest absolute Gasteiger partial charge is 0.339 e. The van der Waals surface area contributed by atoms with Crippen LogP contribution in [0, 0.1) is 2.88 Å². The first-order valence-corrected chi connectivity index (χ1v) is 10.5. The van der Waals surface area contributed by atoms with Crippen molar-refractivity contribution in [1.82, 2.24) is 0 Å². The van der Waals surface area contributed by atoms with Gasteiger partial charge in [-0.1, -0.05) is 26.0 Å². The molecule has 1 atom stereocenters. The molecule has 0 radical (unpaired) electrons. The van der Waals surface area contributed by atoms with Crippen LogP contribution >= 0.6 is 33.9 Å². The van der Waals surface area contributed by atoms with Crippen LogP contribution in [0.2, 0.25) is 0 Å². The van der Waals surface area contributed by atoms with Gasteiger partial charge in [-0.25, -0.2) is 4.79 Å². The van der Waals surface area contributed by atoms with Crippen molar-refractivity contribution in [3.8, 4) is 0 Å². The summed E-state index contributed by atoms with van der Waals surface area (Å²) in [5, 5.41) is 0. The number of hydrogen-bond acceptors (Lipinski definition) is 3. The van der Waals surface area contributed by atoms with Crippen molar-refractivity contribution in [2.75, 3.05) is 0 Å². The fourth-order valence-electron chi connectivity index (χ4n) is 3.32. The minimum Gasteiger partial charge on any atom is -0.450 e. The maximum atomic E-state index is 12.7. The summed E-state index contributed by atoms with van der Waals surface area (Å²) in [7, 11) is 0. The van der Waals surface area contributed by atoms with Crippen LogP contribution in [-0.4, -0.2) is 5.97 Å². The van der Waals surface area contributed by atoms with Crippen LogP contribution < -0.4 is 0 Å². The summed E-state index contributed by atoms with van der Waals surface area (Å²) < 4.78 is 7.32. The molecule has 1 aromatic heterocycles. The molecule has 24 heavy (non-hydrogen) atoms. The molecular formula is C20H23IO2S. The van der Waals surface area contributed by atoms with E-state index >= 15 is 0 Å². The number of rotatable bonds is 5. The topological polar surface area (TPSA) is 26.3 Å². The zero-order valence-electron chi connectivity index (χ0n) is 14.2. The van der Waals surface area contributed by atoms with Crippen molar-refractivity contribution in [2.24, 2.45) is 0 Å². The third-order valence-electron chi connectivity index (χ3n) is 5.05. The Morgan fingerprint density at radius 1 is 1.21 bits per heavy atom. The molecule has 0 aliphatic heterocycles. The van der Waals surface area contributed by atoms with E-state index in [1.54, 1.807) is 11.3 Å². The Morgan fingerprint density at radius 2 is 1.88 bits per heavy atom. The minimum atomic E-state index is -0.416. The van der Waals surface area contributed by atoms with Gasteiger partial charge in [-0.2, -0.15) is 0 Å². The summed E-state index contributed by atoms with van der Waals surface area (Å²) in [6.45, 7) is 4.39. The molecule has 0 saturated heterocycles. The molecule has 0 spiro atoms. The molecule has 0 bridgehead atoms. The summed E-state index contributed by atoms with van der Waals surface area (Å²) in [4.78, 5) is 13.9. The molecule has 1 aromatic carbocycles. The maximum absolute atomic E-state index is 12.7. The highest BCUT2D eigenvalue weighted by Crippen LogP contribution is 2.45. The van der Waals surface area contributed by atoms with Crippen LogP contribution in [0.4, 0.5) is 0 Å². The van der Waals surface area contributed by atoms with Crippen LogP contribution in [0.15, 0.2) is 36.4 Å². The average molecular weight is 454 g/mol. The summed E-state index contributed by atoms with van der Waals surface area (Å²) in [6, 6.07) is 12.2. The number of carbonyl (C=O) groups excluding carboxylic acids is 1. The van der Waals surface area contributed by atoms with E-state index < -0.39 is 5.60 Å². The van der Waals surface area contributed by atoms with Gasteiger partial charge in [0.05, 0.1) is 8.45 Å². The van der Waals surface area contributed by atoms with Gasteiger partial charge >= 0.3 is 5.97 Å². The third-order valence-corrected chi connectivity index (χ3v) is 7.13. The Balaban J connectivity index is 1.79. The van der Waals surface area contributed by atoms with Gasteiger partial charge in [-0.3, -0.25) is 0 Å². The van der Waals surface area contributed by atoms with Crippen LogP contribution in [0.3, 0.4) is 0 Å². The highest BCUT2D eigenvalue weighted by molar-refractivity contribution is 14.1. The highest BCUT2D eigenvalue weighted by atomic mass is 127. The number of esters is 1. The molecular weight excluding hydrogens is 431 g/mol. The van der Waals surface area contributed by atoms with Crippen LogP contribution in [0.5, 0.6) is 0 Å². The van der Waals surface area contributed by atoms with Gasteiger partial charge in [0.1, 0.15) is 5.60 Å². The predicted octanol–water partition coefficient (Wildman–Crippen LogP) is 6.49. The molecule has 1 aliphatic carbocycles. The molecule has 2 nitrogen and oxygen atoms in total. The number of halogens is 1. The predicted molar refractivity (Wildman–Crippen MR) is 108 cm³/mol. The molecule has 0 N–H and O–H groups in total. The first kappa shape index (κ1) is 17.9. The van der Waals surface area contributed by atoms with E-state index in [0.717, 1.165) is 32.1 Å². The summed E-state index contributed by atoms with van der Waals surface area (Å²) in [6.07, 6.45) is 5.20. The SMILES string of the molecule is CCC(C)c1ccc(C(=O)OC2(c3ccc(I)s3)CCCC2)cc1. The molecule has 1 fully saturated rings. The molecule has 3 rings (SSSR count). The average Bonchev–Trinajstić information content (AvgIpc) is 3.24. The maximum Gasteiger partial charge on any atom is 0.339 e. The van der Waals surface area contributed by atoms with Crippen LogP contribution in [-0.2, 0) is 10.3 Å². The van der Waals surface area contributed by atoms with Gasteiger partial charge in [0.15, 0.2) is 0 Å². The van der Waals surface area contributed by atoms with Crippen molar-refractivity contribution in [3.63, 3.8) is 0 Å². The minimum absolute atomic E-state index is 0.198. The van der Waals surface area contributed by atoms with Crippen LogP contribution in [0.25, 0.3) is 0 Å². The quantitative estimate of drug-likeness (QED) is 0.381. The van der Waals surface area contributed by atoms with Crippen molar-refractivity contribution < 1.29 is 9.53 Å². The number of benzene rings is 1. The molecule has 1 heterocycles. The Hall–Kier alpha value is -0.880. The summed E-state index contributed by atoms with van der Waals surface area (Å²) >= 11 is 4.07. The number of carbonyl (C=O) groups is 1. The van der Waals surface area contributed by atoms with Crippen molar-refractivity contribution >= 4 is 39.9 Å². The lowest BCUT2D eigenvalue weighted by molar-refractivity contribution is -0.0165. The number of ether oxygens (including phenoxy) is 1. The monoisotopic (exact) mass is 454 g/mol. The van der Waals surface area contributed by atoms with Gasteiger partial charge in [0.2, 0.25) is 0 Å². The third kappa shape index (κ3) is 3.69. The van der Waals surface area contributed by atoms with E-state index in [2.05, 4.69) is 60.7 Å². The lowest BCUT2D eigenvalue weighted by Crippen LogP contribution is -2.28. The van der Waals surface area contributed by atoms with Crippen molar-refractivity contribution in [1.29, 1.82) is 0 Å². The van der Waals surface area contributed by atoms with E-state index in [1.165, 1.54) is 13.3 Å². The van der Waals surface area contributed by atoms with Gasteiger partial charge in [-0.15, -0.1) is 11.3 Å². The molecule has 128 valence electrons. The zero-order chi connectivity index (χ0) is 17.2. The summed E-state index contributed by atoms with van der Waals surface area (Å²) in [5.41, 5.74) is 1.51. The Bertz CT molecular complexity index is 699. The van der Waals surface area contributed by atoms with Crippen molar-refractivity contribution in [3.05, 3.63) is 55.3 Å². The molecule has 1 aliphatic rings. The van der Waals surface area contributed by atoms with Gasteiger partial charge in [-0.05, 0) is 90.4 Å². The first-order chi connectivity index (χ1) is 11.5. The lowest BCUT2D eigenvalue weighted by atomic mass is 9.97. The standard InChI is InChI=1S/C20H23IO2S/c1-3-14(2)15-6-8-16(9-7-15)19(22)23-20(12-4-5-13-20)17-10-11-18(21)24-17/h6-11,14H,3-5,12-13H2,1-2H3. The van der Waals surface area contributed by atoms with E-state index in [4.69, 9.17) is 4.74 Å². The molecule has 2 aromatic rings. The van der Waals surface area contributed by atoms with Gasteiger partial charge in [0, 0.05) is 4.88 Å². The normalized spacial score (nSPS) is 17.6. The van der Waals surface area contributed by atoms with Crippen LogP contribution in [0.1, 0.15) is 72.7 Å². The Kier molecular flexibility index (Phi) is 5.65.